The van der Waals surface area contributed by atoms with Crippen LogP contribution in [-0.2, 0) is 25.6 Å². The van der Waals surface area contributed by atoms with E-state index < -0.39 is 17.9 Å². The van der Waals surface area contributed by atoms with Crippen LogP contribution in [0.3, 0.4) is 0 Å². The summed E-state index contributed by atoms with van der Waals surface area (Å²) in [4.78, 5) is 121. The number of pyridine rings is 2. The smallest absolute Gasteiger partial charge is 0.263 e. The van der Waals surface area contributed by atoms with E-state index in [0.717, 1.165) is 75.6 Å². The fourth-order valence-electron chi connectivity index (χ4n) is 11.8. The minimum atomic E-state index is -0.813. The Balaban J connectivity index is 0.710. The number of carbonyl (C=O) groups excluding carboxylic acids is 6. The predicted molar refractivity (Wildman–Crippen MR) is 291 cm³/mol. The number of carbonyl (C=O) groups is 6. The molecule has 4 fully saturated rings. The van der Waals surface area contributed by atoms with Crippen molar-refractivity contribution in [3.8, 4) is 0 Å². The number of halogens is 1. The van der Waals surface area contributed by atoms with Crippen LogP contribution in [0.5, 0.6) is 0 Å². The summed E-state index contributed by atoms with van der Waals surface area (Å²) in [6.45, 7) is 7.91. The number of amides is 4. The monoisotopic (exact) mass is 1070 g/mol. The maximum Gasteiger partial charge on any atom is 0.263 e. The fraction of sp³-hybridized carbons (Fsp3) is 0.534. The number of fused-ring (bicyclic) bond motifs is 1. The Hall–Kier alpha value is -6.76. The lowest BCUT2D eigenvalue weighted by molar-refractivity contribution is -0.142. The number of anilines is 1. The highest BCUT2D eigenvalue weighted by Gasteiger charge is 2.41. The predicted octanol–water partition coefficient (Wildman–Crippen LogP) is 8.10. The number of ketones is 2. The molecule has 0 unspecified atom stereocenters. The van der Waals surface area contributed by atoms with Gasteiger partial charge in [-0.25, -0.2) is 19.3 Å². The largest absolute Gasteiger partial charge is 0.367 e. The van der Waals surface area contributed by atoms with Gasteiger partial charge < -0.3 is 24.9 Å². The lowest BCUT2D eigenvalue weighted by Crippen LogP contribution is -2.56. The molecule has 5 aromatic rings. The van der Waals surface area contributed by atoms with Gasteiger partial charge in [-0.1, -0.05) is 38.5 Å². The van der Waals surface area contributed by atoms with E-state index in [9.17, 15) is 38.0 Å². The van der Waals surface area contributed by atoms with Crippen molar-refractivity contribution in [3.63, 3.8) is 0 Å². The van der Waals surface area contributed by atoms with E-state index >= 15 is 0 Å². The van der Waals surface area contributed by atoms with E-state index in [0.29, 0.717) is 104 Å². The molecule has 408 valence electrons. The van der Waals surface area contributed by atoms with Gasteiger partial charge in [-0.2, -0.15) is 0 Å². The van der Waals surface area contributed by atoms with Crippen molar-refractivity contribution in [2.24, 2.45) is 5.92 Å². The van der Waals surface area contributed by atoms with E-state index in [-0.39, 0.29) is 76.4 Å². The number of hydrogen-bond donors (Lipinski definition) is 1. The van der Waals surface area contributed by atoms with Gasteiger partial charge in [-0.15, -0.1) is 11.3 Å². The molecule has 1 N–H and O–H groups in total. The standard InChI is InChI=1S/C58H71FN10O7S/c1-36-45-34-61-48(63-54(45)69(43-16-11-12-17-43)57(75)51(36)38(3)70)32-42-25-26-44(33-60-42)66-28-30-67(31-29-66)50(72)20-10-6-9-19-49(71)65(4)37(2)55(74)64-52(39-14-7-5-8-15-39)58(76)68-27-13-18-47(68)56-62-46(35-77-56)53(73)40-21-23-41(59)24-22-40/h21-26,33-35,37,39,43,47,52H,5-20,27-32H2,1-4H3,(H,64,74)/t37-,47-,52-/m0/s1. The van der Waals surface area contributed by atoms with Crippen LogP contribution in [0.4, 0.5) is 10.1 Å². The molecule has 77 heavy (non-hydrogen) atoms. The summed E-state index contributed by atoms with van der Waals surface area (Å²) >= 11 is 1.32. The maximum atomic E-state index is 14.5. The number of aryl methyl sites for hydroxylation is 1. The first-order chi connectivity index (χ1) is 37.2. The number of likely N-dealkylation sites (tertiary alicyclic amines) is 1. The molecule has 4 aromatic heterocycles. The number of likely N-dealkylation sites (N-methyl/N-ethyl adjacent to an activating group) is 1. The summed E-state index contributed by atoms with van der Waals surface area (Å²) in [5, 5.41) is 6.13. The third kappa shape index (κ3) is 12.5. The first kappa shape index (κ1) is 55.0. The van der Waals surface area contributed by atoms with Gasteiger partial charge in [0.25, 0.3) is 5.56 Å². The van der Waals surface area contributed by atoms with Crippen LogP contribution in [0.25, 0.3) is 11.0 Å². The van der Waals surface area contributed by atoms with Crippen molar-refractivity contribution in [1.82, 2.24) is 44.5 Å². The van der Waals surface area contributed by atoms with E-state index in [1.165, 1.54) is 47.4 Å². The van der Waals surface area contributed by atoms with E-state index in [1.807, 2.05) is 23.2 Å². The van der Waals surface area contributed by atoms with Gasteiger partial charge in [0.1, 0.15) is 40.1 Å². The van der Waals surface area contributed by atoms with Crippen LogP contribution in [0.1, 0.15) is 177 Å². The van der Waals surface area contributed by atoms with Crippen LogP contribution in [0.2, 0.25) is 0 Å². The highest BCUT2D eigenvalue weighted by Crippen LogP contribution is 2.37. The van der Waals surface area contributed by atoms with Crippen molar-refractivity contribution in [3.05, 3.63) is 109 Å². The molecule has 0 radical (unpaired) electrons. The van der Waals surface area contributed by atoms with E-state index in [4.69, 9.17) is 9.97 Å². The number of benzene rings is 1. The summed E-state index contributed by atoms with van der Waals surface area (Å²) in [6.07, 6.45) is 16.3. The second kappa shape index (κ2) is 24.7. The normalized spacial score (nSPS) is 18.1. The second-order valence-corrected chi connectivity index (χ2v) is 22.4. The zero-order valence-corrected chi connectivity index (χ0v) is 45.6. The zero-order valence-electron chi connectivity index (χ0n) is 44.8. The number of hydrogen-bond acceptors (Lipinski definition) is 13. The molecule has 2 aliphatic carbocycles. The average Bonchev–Trinajstić information content (AvgIpc) is 4.31. The maximum absolute atomic E-state index is 14.5. The van der Waals surface area contributed by atoms with Crippen LogP contribution in [0.15, 0.2) is 59.0 Å². The fourth-order valence-corrected chi connectivity index (χ4v) is 12.7. The van der Waals surface area contributed by atoms with Gasteiger partial charge in [0.15, 0.2) is 5.78 Å². The average molecular weight is 1070 g/mol. The molecule has 19 heteroatoms. The molecule has 9 rings (SSSR count). The Kier molecular flexibility index (Phi) is 17.7. The summed E-state index contributed by atoms with van der Waals surface area (Å²) in [7, 11) is 1.62. The van der Waals surface area contributed by atoms with Crippen molar-refractivity contribution >= 4 is 63.3 Å². The van der Waals surface area contributed by atoms with Gasteiger partial charge in [0.2, 0.25) is 29.4 Å². The quantitative estimate of drug-likeness (QED) is 0.0616. The Labute approximate surface area is 453 Å². The van der Waals surface area contributed by atoms with Crippen molar-refractivity contribution in [2.45, 2.75) is 154 Å². The molecule has 4 aliphatic rings. The summed E-state index contributed by atoms with van der Waals surface area (Å²) in [5.74, 6) is -1.14. The summed E-state index contributed by atoms with van der Waals surface area (Å²) < 4.78 is 15.2. The second-order valence-electron chi connectivity index (χ2n) is 21.5. The molecule has 1 aromatic carbocycles. The minimum absolute atomic E-state index is 0.00374. The van der Waals surface area contributed by atoms with E-state index in [1.54, 1.807) is 41.9 Å². The Morgan fingerprint density at radius 3 is 2.23 bits per heavy atom. The molecular formula is C58H71FN10O7S. The van der Waals surface area contributed by atoms with Gasteiger partial charge in [0.05, 0.1) is 29.9 Å². The number of nitrogens with zero attached hydrogens (tertiary/aromatic N) is 9. The first-order valence-corrected chi connectivity index (χ1v) is 28.6. The SMILES string of the molecule is CC(=O)c1c(C)c2cnc(Cc3ccc(N4CCN(C(=O)CCCCCC(=O)N(C)[C@@H](C)C(=O)N[C@H](C(=O)N5CCC[C@H]5c5nc(C(=O)c6ccc(F)cc6)cs5)C5CCCCC5)CC4)cn3)nc2n(C2CCCC2)c1=O. The minimum Gasteiger partial charge on any atom is -0.367 e. The molecule has 6 heterocycles. The highest BCUT2D eigenvalue weighted by molar-refractivity contribution is 7.10. The van der Waals surface area contributed by atoms with Crippen LogP contribution >= 0.6 is 11.3 Å². The number of nitrogens with one attached hydrogen (secondary N) is 1. The number of thiazole rings is 1. The molecule has 4 amide bonds. The van der Waals surface area contributed by atoms with Crippen LogP contribution in [0, 0.1) is 18.7 Å². The Morgan fingerprint density at radius 1 is 0.818 bits per heavy atom. The van der Waals surface area contributed by atoms with Gasteiger partial charge in [-0.05, 0) is 120 Å². The number of aromatic nitrogens is 5. The highest BCUT2D eigenvalue weighted by atomic mass is 32.1. The summed E-state index contributed by atoms with van der Waals surface area (Å²) in [5.41, 5.74) is 3.44. The molecule has 0 bridgehead atoms. The molecule has 0 spiro atoms. The lowest BCUT2D eigenvalue weighted by atomic mass is 9.83. The summed E-state index contributed by atoms with van der Waals surface area (Å²) in [6, 6.07) is 7.42. The molecule has 2 saturated heterocycles. The van der Waals surface area contributed by atoms with Crippen LogP contribution < -0.4 is 15.8 Å². The first-order valence-electron chi connectivity index (χ1n) is 27.7. The van der Waals surface area contributed by atoms with Gasteiger partial charge >= 0.3 is 0 Å². The van der Waals surface area contributed by atoms with Crippen molar-refractivity contribution in [1.29, 1.82) is 0 Å². The number of Topliss-reactive ketones (excluding diaryl/α,β-unsaturated/α-hetero) is 1. The zero-order chi connectivity index (χ0) is 54.3. The number of piperazine rings is 1. The molecule has 2 saturated carbocycles. The topological polar surface area (TPSA) is 201 Å². The molecule has 3 atom stereocenters. The van der Waals surface area contributed by atoms with E-state index in [2.05, 4.69) is 20.2 Å². The van der Waals surface area contributed by atoms with Crippen LogP contribution in [-0.4, -0.2) is 126 Å². The Bertz CT molecular complexity index is 3030. The molecule has 2 aliphatic heterocycles. The van der Waals surface area contributed by atoms with Crippen molar-refractivity contribution in [2.75, 3.05) is 44.7 Å². The van der Waals surface area contributed by atoms with Crippen molar-refractivity contribution < 1.29 is 33.2 Å². The third-order valence-corrected chi connectivity index (χ3v) is 17.4. The van der Waals surface area contributed by atoms with Gasteiger partial charge in [0, 0.05) is 86.9 Å². The third-order valence-electron chi connectivity index (χ3n) is 16.4. The number of unbranched alkanes of at least 4 members (excludes halogenated alkanes) is 2. The Morgan fingerprint density at radius 2 is 1.53 bits per heavy atom. The molecular weight excluding hydrogens is 1000 g/mol. The lowest BCUT2D eigenvalue weighted by Gasteiger charge is -2.36. The molecule has 17 nitrogen and oxygen atoms in total. The van der Waals surface area contributed by atoms with Gasteiger partial charge in [-0.3, -0.25) is 43.1 Å². The number of rotatable bonds is 19.